The van der Waals surface area contributed by atoms with Gasteiger partial charge in [-0.3, -0.25) is 10.2 Å². The second-order valence-electron chi connectivity index (χ2n) is 7.57. The fraction of sp³-hybridized carbons (Fsp3) is 1.00. The molecule has 2 heterocycles. The summed E-state index contributed by atoms with van der Waals surface area (Å²) in [5.41, 5.74) is 5.94. The van der Waals surface area contributed by atoms with Gasteiger partial charge in [0.05, 0.1) is 18.2 Å². The van der Waals surface area contributed by atoms with Gasteiger partial charge in [-0.2, -0.15) is 10.2 Å². The highest BCUT2D eigenvalue weighted by molar-refractivity contribution is 4.87. The van der Waals surface area contributed by atoms with Crippen molar-refractivity contribution in [1.29, 1.82) is 0 Å². The normalized spacial score (nSPS) is 36.6. The molecular weight excluding hydrogens is 286 g/mol. The number of nitrogens with one attached hydrogen (secondary N) is 1. The van der Waals surface area contributed by atoms with E-state index >= 15 is 0 Å². The lowest BCUT2D eigenvalue weighted by molar-refractivity contribution is 0.140. The van der Waals surface area contributed by atoms with Crippen LogP contribution in [-0.4, -0.2) is 48.3 Å². The largest absolute Gasteiger partial charge is 0.316 e. The molecule has 0 saturated carbocycles. The Morgan fingerprint density at radius 2 is 1.87 bits per heavy atom. The standard InChI is InChI=1S/C18H37N5/c1-4-5-6-7-12-23-13-16(9-8-14(23)2)21-22-17-10-11-18(19)20-15(17)3/h14-18,20H,4-13,19H2,1-3H3. The number of hydrogen-bond acceptors (Lipinski definition) is 5. The van der Waals surface area contributed by atoms with E-state index < -0.39 is 0 Å². The molecule has 5 heteroatoms. The molecular formula is C18H37N5. The molecule has 0 radical (unpaired) electrons. The van der Waals surface area contributed by atoms with Crippen molar-refractivity contribution in [1.82, 2.24) is 10.2 Å². The second-order valence-corrected chi connectivity index (χ2v) is 7.57. The summed E-state index contributed by atoms with van der Waals surface area (Å²) in [5, 5.41) is 12.8. The fourth-order valence-electron chi connectivity index (χ4n) is 3.78. The molecule has 5 unspecified atom stereocenters. The van der Waals surface area contributed by atoms with Crippen LogP contribution in [0.2, 0.25) is 0 Å². The number of piperidine rings is 2. The maximum atomic E-state index is 5.94. The van der Waals surface area contributed by atoms with Gasteiger partial charge in [0, 0.05) is 18.6 Å². The van der Waals surface area contributed by atoms with Crippen LogP contribution in [0.3, 0.4) is 0 Å². The molecule has 134 valence electrons. The molecule has 5 atom stereocenters. The first kappa shape index (κ1) is 18.8. The van der Waals surface area contributed by atoms with Crippen molar-refractivity contribution in [2.45, 2.75) is 102 Å². The molecule has 3 N–H and O–H groups in total. The lowest BCUT2D eigenvalue weighted by Gasteiger charge is -2.36. The highest BCUT2D eigenvalue weighted by Gasteiger charge is 2.27. The predicted octanol–water partition coefficient (Wildman–Crippen LogP) is 3.30. The minimum Gasteiger partial charge on any atom is -0.316 e. The molecule has 5 nitrogen and oxygen atoms in total. The minimum absolute atomic E-state index is 0.130. The van der Waals surface area contributed by atoms with Crippen LogP contribution in [0.1, 0.15) is 72.1 Å². The smallest absolute Gasteiger partial charge is 0.0859 e. The van der Waals surface area contributed by atoms with Crippen LogP contribution >= 0.6 is 0 Å². The van der Waals surface area contributed by atoms with E-state index in [0.29, 0.717) is 24.2 Å². The van der Waals surface area contributed by atoms with Gasteiger partial charge >= 0.3 is 0 Å². The summed E-state index contributed by atoms with van der Waals surface area (Å²) in [6.07, 6.45) is 9.98. The average Bonchev–Trinajstić information content (AvgIpc) is 2.53. The molecule has 2 aliphatic heterocycles. The van der Waals surface area contributed by atoms with Gasteiger partial charge in [-0.05, 0) is 52.5 Å². The number of likely N-dealkylation sites (tertiary alicyclic amines) is 1. The molecule has 23 heavy (non-hydrogen) atoms. The lowest BCUT2D eigenvalue weighted by atomic mass is 9.98. The van der Waals surface area contributed by atoms with Crippen LogP contribution in [0, 0.1) is 0 Å². The van der Waals surface area contributed by atoms with E-state index in [4.69, 9.17) is 10.8 Å². The number of nitrogens with two attached hydrogens (primary N) is 1. The molecule has 0 amide bonds. The molecule has 0 spiro atoms. The van der Waals surface area contributed by atoms with Crippen molar-refractivity contribution < 1.29 is 0 Å². The van der Waals surface area contributed by atoms with Crippen LogP contribution in [-0.2, 0) is 0 Å². The summed E-state index contributed by atoms with van der Waals surface area (Å²) in [6, 6.07) is 1.74. The number of nitrogens with zero attached hydrogens (tertiary/aromatic N) is 3. The molecule has 0 aliphatic carbocycles. The topological polar surface area (TPSA) is 66.0 Å². The summed E-state index contributed by atoms with van der Waals surface area (Å²) in [4.78, 5) is 2.63. The van der Waals surface area contributed by atoms with E-state index in [9.17, 15) is 0 Å². The number of hydrogen-bond donors (Lipinski definition) is 2. The van der Waals surface area contributed by atoms with Gasteiger partial charge in [0.2, 0.25) is 0 Å². The highest BCUT2D eigenvalue weighted by atomic mass is 15.2. The molecule has 0 aromatic heterocycles. The minimum atomic E-state index is 0.130. The van der Waals surface area contributed by atoms with Gasteiger partial charge in [-0.15, -0.1) is 0 Å². The Morgan fingerprint density at radius 1 is 1.04 bits per heavy atom. The number of rotatable bonds is 7. The van der Waals surface area contributed by atoms with Gasteiger partial charge in [0.25, 0.3) is 0 Å². The summed E-state index contributed by atoms with van der Waals surface area (Å²) >= 11 is 0. The summed E-state index contributed by atoms with van der Waals surface area (Å²) in [5.74, 6) is 0. The highest BCUT2D eigenvalue weighted by Crippen LogP contribution is 2.22. The van der Waals surface area contributed by atoms with Gasteiger partial charge in [0.1, 0.15) is 0 Å². The third-order valence-electron chi connectivity index (χ3n) is 5.49. The predicted molar refractivity (Wildman–Crippen MR) is 96.7 cm³/mol. The Bertz CT molecular complexity index is 359. The first-order valence-electron chi connectivity index (χ1n) is 9.75. The lowest BCUT2D eigenvalue weighted by Crippen LogP contribution is -2.52. The van der Waals surface area contributed by atoms with Gasteiger partial charge in [-0.1, -0.05) is 26.2 Å². The van der Waals surface area contributed by atoms with Crippen molar-refractivity contribution in [2.24, 2.45) is 16.0 Å². The van der Waals surface area contributed by atoms with Gasteiger partial charge < -0.3 is 5.73 Å². The first-order chi connectivity index (χ1) is 11.1. The van der Waals surface area contributed by atoms with Crippen LogP contribution in [0.4, 0.5) is 0 Å². The Kier molecular flexibility index (Phi) is 7.93. The van der Waals surface area contributed by atoms with Gasteiger partial charge in [-0.25, -0.2) is 0 Å². The molecule has 2 fully saturated rings. The Balaban J connectivity index is 1.77. The van der Waals surface area contributed by atoms with E-state index in [-0.39, 0.29) is 6.17 Å². The number of azo groups is 1. The van der Waals surface area contributed by atoms with Crippen LogP contribution in [0.5, 0.6) is 0 Å². The summed E-state index contributed by atoms with van der Waals surface area (Å²) < 4.78 is 0. The summed E-state index contributed by atoms with van der Waals surface area (Å²) in [6.45, 7) is 9.12. The van der Waals surface area contributed by atoms with E-state index in [1.54, 1.807) is 0 Å². The van der Waals surface area contributed by atoms with Crippen LogP contribution in [0.15, 0.2) is 10.2 Å². The van der Waals surface area contributed by atoms with E-state index in [2.05, 4.69) is 36.1 Å². The Morgan fingerprint density at radius 3 is 2.61 bits per heavy atom. The molecule has 0 aromatic rings. The van der Waals surface area contributed by atoms with E-state index in [1.165, 1.54) is 45.1 Å². The van der Waals surface area contributed by atoms with Crippen molar-refractivity contribution in [3.63, 3.8) is 0 Å². The zero-order chi connectivity index (χ0) is 16.7. The zero-order valence-corrected chi connectivity index (χ0v) is 15.4. The molecule has 2 aliphatic rings. The van der Waals surface area contributed by atoms with Crippen LogP contribution in [0.25, 0.3) is 0 Å². The molecule has 0 aromatic carbocycles. The maximum absolute atomic E-state index is 5.94. The van der Waals surface area contributed by atoms with E-state index in [1.807, 2.05) is 0 Å². The third-order valence-corrected chi connectivity index (χ3v) is 5.49. The van der Waals surface area contributed by atoms with Crippen molar-refractivity contribution in [3.8, 4) is 0 Å². The number of unbranched alkanes of at least 4 members (excludes halogenated alkanes) is 3. The molecule has 2 saturated heterocycles. The van der Waals surface area contributed by atoms with Gasteiger partial charge in [0.15, 0.2) is 0 Å². The van der Waals surface area contributed by atoms with Crippen LogP contribution < -0.4 is 11.1 Å². The molecule has 0 bridgehead atoms. The zero-order valence-electron chi connectivity index (χ0n) is 15.4. The van der Waals surface area contributed by atoms with Crippen molar-refractivity contribution in [2.75, 3.05) is 13.1 Å². The molecule has 2 rings (SSSR count). The Labute approximate surface area is 142 Å². The monoisotopic (exact) mass is 323 g/mol. The first-order valence-corrected chi connectivity index (χ1v) is 9.75. The quantitative estimate of drug-likeness (QED) is 0.558. The summed E-state index contributed by atoms with van der Waals surface area (Å²) in [7, 11) is 0. The average molecular weight is 324 g/mol. The third kappa shape index (κ3) is 6.12. The maximum Gasteiger partial charge on any atom is 0.0859 e. The van der Waals surface area contributed by atoms with Crippen molar-refractivity contribution in [3.05, 3.63) is 0 Å². The fourth-order valence-corrected chi connectivity index (χ4v) is 3.78. The van der Waals surface area contributed by atoms with Crippen molar-refractivity contribution >= 4 is 0 Å². The SMILES string of the molecule is CCCCCCN1CC(N=NC2CCC(N)NC2C)CCC1C. The van der Waals surface area contributed by atoms with E-state index in [0.717, 1.165) is 19.4 Å². The second kappa shape index (κ2) is 9.70. The Hall–Kier alpha value is -0.520.